The van der Waals surface area contributed by atoms with Gasteiger partial charge in [0.25, 0.3) is 5.91 Å². The number of rotatable bonds is 2. The van der Waals surface area contributed by atoms with E-state index in [1.807, 2.05) is 0 Å². The molecule has 116 valence electrons. The van der Waals surface area contributed by atoms with E-state index in [1.54, 1.807) is 0 Å². The number of benzene rings is 2. The second-order valence-corrected chi connectivity index (χ2v) is 4.45. The molecule has 0 aliphatic carbocycles. The van der Waals surface area contributed by atoms with Crippen LogP contribution in [0.5, 0.6) is 0 Å². The van der Waals surface area contributed by atoms with E-state index in [9.17, 15) is 22.4 Å². The van der Waals surface area contributed by atoms with E-state index in [0.717, 1.165) is 6.07 Å². The molecule has 0 saturated heterocycles. The zero-order valence-corrected chi connectivity index (χ0v) is 11.0. The monoisotopic (exact) mass is 313 g/mol. The Morgan fingerprint density at radius 2 is 1.77 bits per heavy atom. The highest BCUT2D eigenvalue weighted by molar-refractivity contribution is 6.09. The molecule has 8 heteroatoms. The van der Waals surface area contributed by atoms with Gasteiger partial charge in [-0.15, -0.1) is 0 Å². The second-order valence-electron chi connectivity index (χ2n) is 4.45. The molecule has 0 aliphatic rings. The van der Waals surface area contributed by atoms with E-state index < -0.39 is 23.5 Å². The Labute approximate surface area is 122 Å². The summed E-state index contributed by atoms with van der Waals surface area (Å²) < 4.78 is 51.0. The fraction of sp³-hybridized carbons (Fsp3) is 0.0714. The predicted octanol–water partition coefficient (Wildman–Crippen LogP) is 3.26. The normalized spacial score (nSPS) is 11.3. The summed E-state index contributed by atoms with van der Waals surface area (Å²) in [6.07, 6.45) is -4.86. The maximum absolute atomic E-state index is 13.2. The summed E-state index contributed by atoms with van der Waals surface area (Å²) in [5.41, 5.74) is 9.70. The largest absolute Gasteiger partial charge is 0.419 e. The molecule has 2 rings (SSSR count). The van der Waals surface area contributed by atoms with E-state index in [0.29, 0.717) is 12.1 Å². The van der Waals surface area contributed by atoms with Crippen molar-refractivity contribution in [2.24, 2.45) is 0 Å². The van der Waals surface area contributed by atoms with Crippen LogP contribution in [0, 0.1) is 5.82 Å². The smallest absolute Gasteiger partial charge is 0.397 e. The Kier molecular flexibility index (Phi) is 3.94. The minimum Gasteiger partial charge on any atom is -0.397 e. The number of hydrogen-bond acceptors (Lipinski definition) is 3. The van der Waals surface area contributed by atoms with Gasteiger partial charge in [-0.2, -0.15) is 13.2 Å². The fourth-order valence-electron chi connectivity index (χ4n) is 1.80. The average molecular weight is 313 g/mol. The van der Waals surface area contributed by atoms with Crippen molar-refractivity contribution in [1.29, 1.82) is 0 Å². The quantitative estimate of drug-likeness (QED) is 0.588. The highest BCUT2D eigenvalue weighted by Crippen LogP contribution is 2.33. The third-order valence-corrected chi connectivity index (χ3v) is 2.91. The third kappa shape index (κ3) is 3.11. The molecule has 0 atom stereocenters. The molecule has 0 aliphatic heterocycles. The first-order chi connectivity index (χ1) is 10.2. The number of nitrogens with two attached hydrogens (primary N) is 2. The number of nitrogens with one attached hydrogen (secondary N) is 1. The lowest BCUT2D eigenvalue weighted by molar-refractivity contribution is -0.139. The van der Waals surface area contributed by atoms with Crippen LogP contribution in [0.3, 0.4) is 0 Å². The van der Waals surface area contributed by atoms with Crippen LogP contribution in [0.2, 0.25) is 0 Å². The molecule has 0 radical (unpaired) electrons. The lowest BCUT2D eigenvalue weighted by atomic mass is 10.1. The number of carbonyl (C=O) groups excluding carboxylic acids is 1. The number of alkyl halides is 3. The highest BCUT2D eigenvalue weighted by atomic mass is 19.4. The topological polar surface area (TPSA) is 81.1 Å². The fourth-order valence-corrected chi connectivity index (χ4v) is 1.80. The molecule has 0 saturated carbocycles. The lowest BCUT2D eigenvalue weighted by Gasteiger charge is -2.12. The Morgan fingerprint density at radius 1 is 1.09 bits per heavy atom. The molecular formula is C14H11F4N3O. The summed E-state index contributed by atoms with van der Waals surface area (Å²) >= 11 is 0. The standard InChI is InChI=1S/C14H11F4N3O/c15-10-5-4-7(6-9(10)14(16,17)18)21-13(22)8-2-1-3-11(19)12(8)20/h1-6H,19-20H2,(H,21,22). The number of para-hydroxylation sites is 1. The number of halogens is 4. The zero-order chi connectivity index (χ0) is 16.5. The van der Waals surface area contributed by atoms with E-state index in [-0.39, 0.29) is 22.6 Å². The number of amides is 1. The van der Waals surface area contributed by atoms with Crippen LogP contribution in [-0.4, -0.2) is 5.91 Å². The van der Waals surface area contributed by atoms with Crippen LogP contribution < -0.4 is 16.8 Å². The van der Waals surface area contributed by atoms with Crippen molar-refractivity contribution in [3.05, 3.63) is 53.3 Å². The van der Waals surface area contributed by atoms with E-state index in [2.05, 4.69) is 5.32 Å². The molecule has 0 unspecified atom stereocenters. The molecule has 0 fully saturated rings. The SMILES string of the molecule is Nc1cccc(C(=O)Nc2ccc(F)c(C(F)(F)F)c2)c1N. The van der Waals surface area contributed by atoms with Crippen molar-refractivity contribution in [3.8, 4) is 0 Å². The van der Waals surface area contributed by atoms with Crippen molar-refractivity contribution in [3.63, 3.8) is 0 Å². The van der Waals surface area contributed by atoms with Gasteiger partial charge in [-0.3, -0.25) is 4.79 Å². The summed E-state index contributed by atoms with van der Waals surface area (Å²) in [5, 5.41) is 2.22. The summed E-state index contributed by atoms with van der Waals surface area (Å²) in [6, 6.07) is 6.48. The Bertz CT molecular complexity index is 729. The van der Waals surface area contributed by atoms with Gasteiger partial charge in [0.1, 0.15) is 5.82 Å². The number of hydrogen-bond donors (Lipinski definition) is 3. The van der Waals surface area contributed by atoms with E-state index in [1.165, 1.54) is 18.2 Å². The first-order valence-corrected chi connectivity index (χ1v) is 6.02. The molecular weight excluding hydrogens is 302 g/mol. The molecule has 0 bridgehead atoms. The first kappa shape index (κ1) is 15.6. The number of carbonyl (C=O) groups is 1. The summed E-state index contributed by atoms with van der Waals surface area (Å²) in [4.78, 5) is 12.0. The molecule has 2 aromatic rings. The molecule has 22 heavy (non-hydrogen) atoms. The van der Waals surface area contributed by atoms with Crippen LogP contribution in [0.25, 0.3) is 0 Å². The van der Waals surface area contributed by atoms with E-state index in [4.69, 9.17) is 11.5 Å². The van der Waals surface area contributed by atoms with Gasteiger partial charge >= 0.3 is 6.18 Å². The van der Waals surface area contributed by atoms with Gasteiger partial charge in [-0.05, 0) is 30.3 Å². The van der Waals surface area contributed by atoms with Gasteiger partial charge in [0, 0.05) is 5.69 Å². The maximum atomic E-state index is 13.2. The van der Waals surface area contributed by atoms with Gasteiger partial charge in [0.2, 0.25) is 0 Å². The van der Waals surface area contributed by atoms with E-state index >= 15 is 0 Å². The summed E-state index contributed by atoms with van der Waals surface area (Å²) in [7, 11) is 0. The number of anilines is 3. The van der Waals surface area contributed by atoms with Crippen molar-refractivity contribution < 1.29 is 22.4 Å². The second kappa shape index (κ2) is 5.55. The lowest BCUT2D eigenvalue weighted by Crippen LogP contribution is -2.16. The molecule has 2 aromatic carbocycles. The molecule has 5 N–H and O–H groups in total. The van der Waals surface area contributed by atoms with Crippen LogP contribution in [-0.2, 0) is 6.18 Å². The Morgan fingerprint density at radius 3 is 2.41 bits per heavy atom. The van der Waals surface area contributed by atoms with Crippen molar-refractivity contribution in [2.75, 3.05) is 16.8 Å². The minimum absolute atomic E-state index is 0.0119. The highest BCUT2D eigenvalue weighted by Gasteiger charge is 2.34. The van der Waals surface area contributed by atoms with Gasteiger partial charge in [0.05, 0.1) is 22.5 Å². The Balaban J connectivity index is 2.31. The Hall–Kier alpha value is -2.77. The van der Waals surface area contributed by atoms with Gasteiger partial charge in [-0.25, -0.2) is 4.39 Å². The first-order valence-electron chi connectivity index (χ1n) is 6.02. The molecule has 1 amide bonds. The molecule has 0 aromatic heterocycles. The van der Waals surface area contributed by atoms with Crippen molar-refractivity contribution in [1.82, 2.24) is 0 Å². The summed E-state index contributed by atoms with van der Waals surface area (Å²) in [5.74, 6) is -2.17. The third-order valence-electron chi connectivity index (χ3n) is 2.91. The number of nitrogen functional groups attached to an aromatic ring is 2. The minimum atomic E-state index is -4.86. The van der Waals surface area contributed by atoms with Crippen molar-refractivity contribution in [2.45, 2.75) is 6.18 Å². The molecule has 0 heterocycles. The van der Waals surface area contributed by atoms with Crippen LogP contribution in [0.15, 0.2) is 36.4 Å². The zero-order valence-electron chi connectivity index (χ0n) is 11.0. The van der Waals surface area contributed by atoms with Gasteiger partial charge in [0.15, 0.2) is 0 Å². The molecule has 0 spiro atoms. The van der Waals surface area contributed by atoms with Crippen molar-refractivity contribution >= 4 is 23.0 Å². The van der Waals surface area contributed by atoms with Crippen LogP contribution >= 0.6 is 0 Å². The van der Waals surface area contributed by atoms with Gasteiger partial charge < -0.3 is 16.8 Å². The average Bonchev–Trinajstić information content (AvgIpc) is 2.42. The maximum Gasteiger partial charge on any atom is 0.419 e. The van der Waals surface area contributed by atoms with Crippen LogP contribution in [0.4, 0.5) is 34.6 Å². The predicted molar refractivity (Wildman–Crippen MR) is 74.6 cm³/mol. The van der Waals surface area contributed by atoms with Crippen LogP contribution in [0.1, 0.15) is 15.9 Å². The molecule has 4 nitrogen and oxygen atoms in total. The van der Waals surface area contributed by atoms with Gasteiger partial charge in [-0.1, -0.05) is 6.07 Å². The summed E-state index contributed by atoms with van der Waals surface area (Å²) in [6.45, 7) is 0.